The molecule has 2 amide bonds. The van der Waals surface area contributed by atoms with E-state index in [-0.39, 0.29) is 31.6 Å². The summed E-state index contributed by atoms with van der Waals surface area (Å²) in [6.45, 7) is 6.71. The van der Waals surface area contributed by atoms with E-state index < -0.39 is 24.2 Å². The van der Waals surface area contributed by atoms with Gasteiger partial charge in [-0.25, -0.2) is 0 Å². The summed E-state index contributed by atoms with van der Waals surface area (Å²) in [6, 6.07) is 2.45. The molecule has 1 aliphatic rings. The summed E-state index contributed by atoms with van der Waals surface area (Å²) >= 11 is 2.03. The molecule has 0 heterocycles. The van der Waals surface area contributed by atoms with Gasteiger partial charge in [0.1, 0.15) is 18.5 Å². The van der Waals surface area contributed by atoms with Crippen LogP contribution in [0, 0.1) is 3.57 Å². The van der Waals surface area contributed by atoms with Crippen molar-refractivity contribution in [2.24, 2.45) is 0 Å². The van der Waals surface area contributed by atoms with E-state index in [0.29, 0.717) is 58.5 Å². The van der Waals surface area contributed by atoms with Gasteiger partial charge in [0.25, 0.3) is 0 Å². The molecule has 0 radical (unpaired) electrons. The van der Waals surface area contributed by atoms with Crippen molar-refractivity contribution in [3.8, 4) is 11.5 Å². The minimum absolute atomic E-state index is 0.0542. The van der Waals surface area contributed by atoms with Crippen molar-refractivity contribution in [3.05, 3.63) is 32.9 Å². The summed E-state index contributed by atoms with van der Waals surface area (Å²) < 4.78 is 18.0. The zero-order chi connectivity index (χ0) is 31.1. The van der Waals surface area contributed by atoms with Crippen molar-refractivity contribution in [3.63, 3.8) is 0 Å². The maximum absolute atomic E-state index is 13.6. The van der Waals surface area contributed by atoms with Crippen molar-refractivity contribution < 1.29 is 38.8 Å². The number of aldehydes is 1. The average Bonchev–Trinajstić information content (AvgIpc) is 2.97. The first kappa shape index (κ1) is 36.0. The van der Waals surface area contributed by atoms with Gasteiger partial charge in [-0.2, -0.15) is 0 Å². The Morgan fingerprint density at radius 2 is 1.93 bits per heavy atom. The van der Waals surface area contributed by atoms with E-state index in [2.05, 4.69) is 12.2 Å². The van der Waals surface area contributed by atoms with Gasteiger partial charge in [0.15, 0.2) is 11.5 Å². The van der Waals surface area contributed by atoms with Crippen LogP contribution in [0.2, 0.25) is 0 Å². The quantitative estimate of drug-likeness (QED) is 0.112. The Bertz CT molecular complexity index is 1050. The first-order chi connectivity index (χ1) is 20.2. The van der Waals surface area contributed by atoms with Crippen LogP contribution in [0.1, 0.15) is 82.5 Å². The Morgan fingerprint density at radius 1 is 1.19 bits per heavy atom. The number of aliphatic hydroxyl groups is 2. The predicted octanol–water partition coefficient (Wildman–Crippen LogP) is 4.03. The lowest BCUT2D eigenvalue weighted by atomic mass is 9.87. The second kappa shape index (κ2) is 19.1. The number of aliphatic hydroxyl groups excluding tert-OH is 2. The number of hydrogen-bond acceptors (Lipinski definition) is 8. The van der Waals surface area contributed by atoms with Gasteiger partial charge < -0.3 is 34.6 Å². The fourth-order valence-corrected chi connectivity index (χ4v) is 5.64. The number of ether oxygens (including phenoxy) is 3. The molecule has 0 aliphatic heterocycles. The molecule has 0 spiro atoms. The van der Waals surface area contributed by atoms with E-state index in [1.165, 1.54) is 7.11 Å². The third-order valence-corrected chi connectivity index (χ3v) is 7.87. The molecule has 1 aromatic rings. The van der Waals surface area contributed by atoms with Crippen molar-refractivity contribution in [1.29, 1.82) is 0 Å². The Labute approximate surface area is 263 Å². The molecule has 236 valence electrons. The van der Waals surface area contributed by atoms with Gasteiger partial charge in [-0.05, 0) is 67.5 Å². The molecule has 0 saturated carbocycles. The molecule has 3 atom stereocenters. The Kier molecular flexibility index (Phi) is 16.4. The Balaban J connectivity index is 2.41. The molecular weight excluding hydrogens is 655 g/mol. The number of halogens is 1. The second-order valence-corrected chi connectivity index (χ2v) is 11.9. The van der Waals surface area contributed by atoms with Crippen LogP contribution in [-0.4, -0.2) is 91.0 Å². The molecule has 3 unspecified atom stereocenters. The summed E-state index contributed by atoms with van der Waals surface area (Å²) in [6.07, 6.45) is 6.22. The van der Waals surface area contributed by atoms with Crippen LogP contribution in [-0.2, 0) is 14.3 Å². The number of methoxy groups -OCH3 is 1. The number of hydrogen-bond donors (Lipinski definition) is 3. The van der Waals surface area contributed by atoms with Crippen LogP contribution in [0.15, 0.2) is 23.8 Å². The smallest absolute Gasteiger partial charge is 0.247 e. The number of benzene rings is 1. The van der Waals surface area contributed by atoms with Gasteiger partial charge in [0, 0.05) is 43.7 Å². The van der Waals surface area contributed by atoms with E-state index in [9.17, 15) is 24.6 Å². The molecule has 0 saturated heterocycles. The molecular formula is C31H47IN2O8. The van der Waals surface area contributed by atoms with E-state index >= 15 is 0 Å². The van der Waals surface area contributed by atoms with E-state index in [1.807, 2.05) is 36.4 Å². The monoisotopic (exact) mass is 702 g/mol. The second-order valence-electron chi connectivity index (χ2n) is 10.7. The molecule has 2 rings (SSSR count). The maximum Gasteiger partial charge on any atom is 0.247 e. The first-order valence-electron chi connectivity index (χ1n) is 14.8. The van der Waals surface area contributed by atoms with Crippen molar-refractivity contribution in [2.45, 2.75) is 96.5 Å². The summed E-state index contributed by atoms with van der Waals surface area (Å²) in [5, 5.41) is 23.6. The minimum atomic E-state index is -1.15. The van der Waals surface area contributed by atoms with Crippen LogP contribution >= 0.6 is 22.6 Å². The fourth-order valence-electron chi connectivity index (χ4n) is 4.89. The van der Waals surface area contributed by atoms with Gasteiger partial charge in [0.2, 0.25) is 11.8 Å². The van der Waals surface area contributed by atoms with Crippen LogP contribution in [0.25, 0.3) is 0 Å². The first-order valence-corrected chi connectivity index (χ1v) is 15.9. The topological polar surface area (TPSA) is 135 Å². The highest BCUT2D eigenvalue weighted by molar-refractivity contribution is 14.1. The number of carbonyl (C=O) groups is 3. The molecule has 3 N–H and O–H groups in total. The van der Waals surface area contributed by atoms with Gasteiger partial charge in [-0.3, -0.25) is 14.4 Å². The van der Waals surface area contributed by atoms with Crippen LogP contribution < -0.4 is 14.8 Å². The largest absolute Gasteiger partial charge is 0.493 e. The lowest BCUT2D eigenvalue weighted by molar-refractivity contribution is -0.139. The average molecular weight is 703 g/mol. The lowest BCUT2D eigenvalue weighted by Crippen LogP contribution is -2.55. The van der Waals surface area contributed by atoms with Crippen LogP contribution in [0.5, 0.6) is 11.5 Å². The normalized spacial score (nSPS) is 18.4. The predicted molar refractivity (Wildman–Crippen MR) is 169 cm³/mol. The Hall–Kier alpha value is -2.22. The zero-order valence-corrected chi connectivity index (χ0v) is 27.4. The van der Waals surface area contributed by atoms with Gasteiger partial charge in [-0.1, -0.05) is 32.6 Å². The SMILES string of the molecule is CCCCCCCC(=O)N(CCCOC(C)C)C1CC(C(=O)NCCO)=CC(Oc2c(I)cc(C=O)cc2OC)C1O. The molecule has 42 heavy (non-hydrogen) atoms. The third kappa shape index (κ3) is 11.1. The Morgan fingerprint density at radius 3 is 2.57 bits per heavy atom. The summed E-state index contributed by atoms with van der Waals surface area (Å²) in [5.41, 5.74) is 0.756. The van der Waals surface area contributed by atoms with Gasteiger partial charge >= 0.3 is 0 Å². The minimum Gasteiger partial charge on any atom is -0.493 e. The number of amides is 2. The molecule has 0 fully saturated rings. The van der Waals surface area contributed by atoms with Gasteiger partial charge in [0.05, 0.1) is 29.4 Å². The molecule has 0 aromatic heterocycles. The molecule has 10 nitrogen and oxygen atoms in total. The number of nitrogens with zero attached hydrogens (tertiary/aromatic N) is 1. The van der Waals surface area contributed by atoms with E-state index in [0.717, 1.165) is 32.1 Å². The number of nitrogens with one attached hydrogen (secondary N) is 1. The van der Waals surface area contributed by atoms with Crippen LogP contribution in [0.3, 0.4) is 0 Å². The lowest BCUT2D eigenvalue weighted by Gasteiger charge is -2.41. The van der Waals surface area contributed by atoms with Gasteiger partial charge in [-0.15, -0.1) is 0 Å². The molecule has 0 bridgehead atoms. The van der Waals surface area contributed by atoms with Crippen molar-refractivity contribution in [2.75, 3.05) is 33.4 Å². The highest BCUT2D eigenvalue weighted by Crippen LogP contribution is 2.37. The highest BCUT2D eigenvalue weighted by Gasteiger charge is 2.40. The number of rotatable bonds is 19. The molecule has 1 aliphatic carbocycles. The number of unbranched alkanes of at least 4 members (excludes halogenated alkanes) is 4. The van der Waals surface area contributed by atoms with E-state index in [1.54, 1.807) is 23.1 Å². The zero-order valence-electron chi connectivity index (χ0n) is 25.3. The van der Waals surface area contributed by atoms with Crippen LogP contribution in [0.4, 0.5) is 0 Å². The summed E-state index contributed by atoms with van der Waals surface area (Å²) in [7, 11) is 1.46. The fraction of sp³-hybridized carbons (Fsp3) is 0.645. The number of carbonyl (C=O) groups excluding carboxylic acids is 3. The molecule has 11 heteroatoms. The van der Waals surface area contributed by atoms with E-state index in [4.69, 9.17) is 14.2 Å². The van der Waals surface area contributed by atoms with Crippen molar-refractivity contribution in [1.82, 2.24) is 10.2 Å². The summed E-state index contributed by atoms with van der Waals surface area (Å²) in [4.78, 5) is 39.7. The third-order valence-electron chi connectivity index (χ3n) is 7.07. The molecule has 1 aromatic carbocycles. The summed E-state index contributed by atoms with van der Waals surface area (Å²) in [5.74, 6) is 0.142. The standard InChI is InChI=1S/C31H47IN2O8/c1-5-6-7-8-9-11-28(37)34(13-10-15-41-21(2)3)25-18-23(31(39)33-12-14-35)19-26(29(25)38)42-30-24(32)16-22(20-36)17-27(30)40-4/h16-17,19-21,25-26,29,35,38H,5-15,18H2,1-4H3,(H,33,39). The van der Waals surface area contributed by atoms with Crippen molar-refractivity contribution >= 4 is 40.7 Å². The highest BCUT2D eigenvalue weighted by atomic mass is 127. The maximum atomic E-state index is 13.6.